The molecular formula is C10H4Cl2FNO2. The van der Waals surface area contributed by atoms with Crippen LogP contribution in [0.25, 0.3) is 10.9 Å². The third kappa shape index (κ3) is 1.70. The molecule has 1 heterocycles. The van der Waals surface area contributed by atoms with E-state index in [1.807, 2.05) is 0 Å². The van der Waals surface area contributed by atoms with Gasteiger partial charge in [0.05, 0.1) is 21.1 Å². The quantitative estimate of drug-likeness (QED) is 0.854. The molecular weight excluding hydrogens is 256 g/mol. The molecule has 1 aromatic carbocycles. The van der Waals surface area contributed by atoms with Gasteiger partial charge in [-0.15, -0.1) is 0 Å². The largest absolute Gasteiger partial charge is 0.478 e. The summed E-state index contributed by atoms with van der Waals surface area (Å²) in [5, 5.41) is 8.90. The molecule has 0 saturated carbocycles. The lowest BCUT2D eigenvalue weighted by Crippen LogP contribution is -1.99. The molecule has 1 aromatic heterocycles. The lowest BCUT2D eigenvalue weighted by atomic mass is 10.1. The van der Waals surface area contributed by atoms with Crippen LogP contribution in [-0.4, -0.2) is 16.1 Å². The summed E-state index contributed by atoms with van der Waals surface area (Å²) < 4.78 is 13.2. The standard InChI is InChI=1S/C10H4Cl2FNO2/c11-6-2-8-4(1-7(6)13)9(12)5(3-14-8)10(15)16/h1-3H,(H,15,16). The Morgan fingerprint density at radius 3 is 2.69 bits per heavy atom. The van der Waals surface area contributed by atoms with Crippen molar-refractivity contribution in [1.29, 1.82) is 0 Å². The maximum atomic E-state index is 13.2. The molecule has 0 unspecified atom stereocenters. The molecule has 16 heavy (non-hydrogen) atoms. The van der Waals surface area contributed by atoms with Gasteiger partial charge in [-0.2, -0.15) is 0 Å². The Morgan fingerprint density at radius 1 is 1.38 bits per heavy atom. The van der Waals surface area contributed by atoms with Crippen LogP contribution >= 0.6 is 23.2 Å². The Bertz CT molecular complexity index is 601. The maximum Gasteiger partial charge on any atom is 0.338 e. The molecule has 1 N–H and O–H groups in total. The van der Waals surface area contributed by atoms with Crippen molar-refractivity contribution in [3.63, 3.8) is 0 Å². The van der Waals surface area contributed by atoms with Gasteiger partial charge < -0.3 is 5.11 Å². The number of aromatic nitrogens is 1. The van der Waals surface area contributed by atoms with Crippen molar-refractivity contribution in [3.8, 4) is 0 Å². The van der Waals surface area contributed by atoms with Gasteiger partial charge in [-0.25, -0.2) is 9.18 Å². The zero-order valence-corrected chi connectivity index (χ0v) is 9.18. The van der Waals surface area contributed by atoms with E-state index in [0.717, 1.165) is 12.3 Å². The summed E-state index contributed by atoms with van der Waals surface area (Å²) in [5.41, 5.74) is 0.178. The van der Waals surface area contributed by atoms with Gasteiger partial charge in [0.15, 0.2) is 0 Å². The van der Waals surface area contributed by atoms with E-state index in [1.165, 1.54) is 6.07 Å². The Kier molecular flexibility index (Phi) is 2.69. The molecule has 3 nitrogen and oxygen atoms in total. The van der Waals surface area contributed by atoms with Gasteiger partial charge in [0.1, 0.15) is 5.82 Å². The second-order valence-electron chi connectivity index (χ2n) is 3.07. The first-order valence-electron chi connectivity index (χ1n) is 4.17. The summed E-state index contributed by atoms with van der Waals surface area (Å²) in [7, 11) is 0. The number of pyridine rings is 1. The summed E-state index contributed by atoms with van der Waals surface area (Å²) in [6, 6.07) is 2.36. The van der Waals surface area contributed by atoms with Crippen molar-refractivity contribution in [2.24, 2.45) is 0 Å². The van der Waals surface area contributed by atoms with Gasteiger partial charge >= 0.3 is 5.97 Å². The molecule has 0 bridgehead atoms. The SMILES string of the molecule is O=C(O)c1cnc2cc(Cl)c(F)cc2c1Cl. The summed E-state index contributed by atoms with van der Waals surface area (Å²) in [6.07, 6.45) is 1.11. The van der Waals surface area contributed by atoms with Crippen LogP contribution in [0.4, 0.5) is 4.39 Å². The molecule has 2 rings (SSSR count). The predicted molar refractivity (Wildman–Crippen MR) is 58.7 cm³/mol. The van der Waals surface area contributed by atoms with Crippen molar-refractivity contribution in [1.82, 2.24) is 4.98 Å². The third-order valence-electron chi connectivity index (χ3n) is 2.07. The zero-order chi connectivity index (χ0) is 11.9. The maximum absolute atomic E-state index is 13.2. The van der Waals surface area contributed by atoms with Crippen LogP contribution in [-0.2, 0) is 0 Å². The first kappa shape index (κ1) is 11.1. The number of rotatable bonds is 1. The number of benzene rings is 1. The van der Waals surface area contributed by atoms with E-state index in [-0.39, 0.29) is 21.0 Å². The van der Waals surface area contributed by atoms with E-state index in [2.05, 4.69) is 4.98 Å². The number of nitrogens with zero attached hydrogens (tertiary/aromatic N) is 1. The predicted octanol–water partition coefficient (Wildman–Crippen LogP) is 3.38. The number of carbonyl (C=O) groups is 1. The zero-order valence-electron chi connectivity index (χ0n) is 7.67. The molecule has 0 fully saturated rings. The van der Waals surface area contributed by atoms with Gasteiger partial charge in [-0.05, 0) is 12.1 Å². The van der Waals surface area contributed by atoms with Crippen LogP contribution in [0.2, 0.25) is 10.0 Å². The van der Waals surface area contributed by atoms with Crippen molar-refractivity contribution in [2.75, 3.05) is 0 Å². The monoisotopic (exact) mass is 259 g/mol. The van der Waals surface area contributed by atoms with Crippen LogP contribution in [0.1, 0.15) is 10.4 Å². The van der Waals surface area contributed by atoms with E-state index in [1.54, 1.807) is 0 Å². The van der Waals surface area contributed by atoms with E-state index < -0.39 is 11.8 Å². The minimum absolute atomic E-state index is 0.0481. The van der Waals surface area contributed by atoms with Crippen LogP contribution in [0.3, 0.4) is 0 Å². The Hall–Kier alpha value is -1.39. The molecule has 0 aliphatic rings. The Labute approximate surface area is 99.4 Å². The topological polar surface area (TPSA) is 50.2 Å². The molecule has 0 aliphatic carbocycles. The van der Waals surface area contributed by atoms with Crippen LogP contribution < -0.4 is 0 Å². The van der Waals surface area contributed by atoms with Gasteiger partial charge in [0.2, 0.25) is 0 Å². The highest BCUT2D eigenvalue weighted by molar-refractivity contribution is 6.38. The molecule has 0 spiro atoms. The normalized spacial score (nSPS) is 10.7. The summed E-state index contributed by atoms with van der Waals surface area (Å²) in [6.45, 7) is 0. The second kappa shape index (κ2) is 3.88. The molecule has 2 aromatic rings. The molecule has 0 saturated heterocycles. The number of halogens is 3. The molecule has 0 aliphatic heterocycles. The fraction of sp³-hybridized carbons (Fsp3) is 0. The van der Waals surface area contributed by atoms with Crippen molar-refractivity contribution < 1.29 is 14.3 Å². The fourth-order valence-electron chi connectivity index (χ4n) is 1.30. The third-order valence-corrected chi connectivity index (χ3v) is 2.77. The molecule has 0 radical (unpaired) electrons. The average molecular weight is 260 g/mol. The smallest absolute Gasteiger partial charge is 0.338 e. The minimum Gasteiger partial charge on any atom is -0.478 e. The van der Waals surface area contributed by atoms with E-state index >= 15 is 0 Å². The van der Waals surface area contributed by atoms with Crippen molar-refractivity contribution >= 4 is 40.1 Å². The number of carboxylic acids is 1. The first-order valence-corrected chi connectivity index (χ1v) is 4.93. The Balaban J connectivity index is 2.84. The van der Waals surface area contributed by atoms with Crippen LogP contribution in [0.15, 0.2) is 18.3 Å². The number of aromatic carboxylic acids is 1. The molecule has 82 valence electrons. The van der Waals surface area contributed by atoms with Gasteiger partial charge in [0, 0.05) is 11.6 Å². The van der Waals surface area contributed by atoms with Crippen molar-refractivity contribution in [2.45, 2.75) is 0 Å². The van der Waals surface area contributed by atoms with Crippen molar-refractivity contribution in [3.05, 3.63) is 39.8 Å². The Morgan fingerprint density at radius 2 is 2.06 bits per heavy atom. The number of hydrogen-bond donors (Lipinski definition) is 1. The summed E-state index contributed by atoms with van der Waals surface area (Å²) in [4.78, 5) is 14.6. The number of carboxylic acid groups (broad SMARTS) is 1. The molecule has 6 heteroatoms. The van der Waals surface area contributed by atoms with E-state index in [9.17, 15) is 9.18 Å². The summed E-state index contributed by atoms with van der Waals surface area (Å²) >= 11 is 11.4. The lowest BCUT2D eigenvalue weighted by molar-refractivity contribution is 0.0697. The minimum atomic E-state index is -1.21. The first-order chi connectivity index (χ1) is 7.50. The molecule has 0 atom stereocenters. The van der Waals surface area contributed by atoms with Crippen LogP contribution in [0, 0.1) is 5.82 Å². The fourth-order valence-corrected chi connectivity index (χ4v) is 1.74. The molecule has 0 amide bonds. The van der Waals surface area contributed by atoms with Gasteiger partial charge in [-0.1, -0.05) is 23.2 Å². The number of fused-ring (bicyclic) bond motifs is 1. The van der Waals surface area contributed by atoms with E-state index in [0.29, 0.717) is 5.52 Å². The van der Waals surface area contributed by atoms with Gasteiger partial charge in [-0.3, -0.25) is 4.98 Å². The highest BCUT2D eigenvalue weighted by Crippen LogP contribution is 2.29. The summed E-state index contributed by atoms with van der Waals surface area (Å²) in [5.74, 6) is -1.88. The lowest BCUT2D eigenvalue weighted by Gasteiger charge is -2.04. The highest BCUT2D eigenvalue weighted by atomic mass is 35.5. The number of hydrogen-bond acceptors (Lipinski definition) is 2. The highest BCUT2D eigenvalue weighted by Gasteiger charge is 2.14. The van der Waals surface area contributed by atoms with Gasteiger partial charge in [0.25, 0.3) is 0 Å². The van der Waals surface area contributed by atoms with E-state index in [4.69, 9.17) is 28.3 Å². The van der Waals surface area contributed by atoms with Crippen LogP contribution in [0.5, 0.6) is 0 Å². The second-order valence-corrected chi connectivity index (χ2v) is 3.86. The average Bonchev–Trinajstić information content (AvgIpc) is 2.21.